The first-order chi connectivity index (χ1) is 8.79. The van der Waals surface area contributed by atoms with Gasteiger partial charge < -0.3 is 11.5 Å². The van der Waals surface area contributed by atoms with Gasteiger partial charge in [-0.25, -0.2) is 0 Å². The summed E-state index contributed by atoms with van der Waals surface area (Å²) >= 11 is 0. The van der Waals surface area contributed by atoms with Crippen molar-refractivity contribution >= 4 is 11.4 Å². The van der Waals surface area contributed by atoms with Crippen molar-refractivity contribution in [2.45, 2.75) is 13.1 Å². The van der Waals surface area contributed by atoms with Crippen molar-refractivity contribution < 1.29 is 13.2 Å². The van der Waals surface area contributed by atoms with Crippen molar-refractivity contribution in [3.63, 3.8) is 0 Å². The van der Waals surface area contributed by atoms with Gasteiger partial charge in [-0.2, -0.15) is 13.2 Å². The lowest BCUT2D eigenvalue weighted by atomic mass is 9.97. The van der Waals surface area contributed by atoms with Gasteiger partial charge in [0.25, 0.3) is 0 Å². The quantitative estimate of drug-likeness (QED) is 0.770. The molecule has 0 bridgehead atoms. The highest BCUT2D eigenvalue weighted by atomic mass is 19.4. The maximum absolute atomic E-state index is 12.9. The molecule has 0 spiro atoms. The number of hydrogen-bond donors (Lipinski definition) is 2. The van der Waals surface area contributed by atoms with E-state index in [2.05, 4.69) is 0 Å². The first-order valence-electron chi connectivity index (χ1n) is 5.62. The number of nitrogen functional groups attached to an aromatic ring is 2. The van der Waals surface area contributed by atoms with Gasteiger partial charge in [-0.05, 0) is 47.9 Å². The molecular formula is C14H13F3N2. The molecule has 2 aromatic rings. The summed E-state index contributed by atoms with van der Waals surface area (Å²) in [7, 11) is 0. The second kappa shape index (κ2) is 4.50. The number of nitrogens with two attached hydrogens (primary N) is 2. The lowest BCUT2D eigenvalue weighted by molar-refractivity contribution is -0.137. The molecule has 0 heterocycles. The molecule has 2 rings (SSSR count). The molecule has 0 saturated heterocycles. The number of alkyl halides is 3. The summed E-state index contributed by atoms with van der Waals surface area (Å²) in [6.45, 7) is 1.37. The molecule has 0 aliphatic carbocycles. The van der Waals surface area contributed by atoms with E-state index in [4.69, 9.17) is 11.5 Å². The molecule has 4 N–H and O–H groups in total. The van der Waals surface area contributed by atoms with Crippen LogP contribution in [0.15, 0.2) is 36.4 Å². The van der Waals surface area contributed by atoms with Gasteiger partial charge in [-0.3, -0.25) is 0 Å². The van der Waals surface area contributed by atoms with Gasteiger partial charge in [0.1, 0.15) is 0 Å². The molecule has 0 saturated carbocycles. The molecule has 19 heavy (non-hydrogen) atoms. The summed E-state index contributed by atoms with van der Waals surface area (Å²) in [5, 5.41) is 0. The predicted molar refractivity (Wildman–Crippen MR) is 70.4 cm³/mol. The molecular weight excluding hydrogens is 253 g/mol. The van der Waals surface area contributed by atoms with Crippen molar-refractivity contribution in [1.29, 1.82) is 0 Å². The van der Waals surface area contributed by atoms with E-state index in [0.29, 0.717) is 16.8 Å². The Labute approximate surface area is 108 Å². The fourth-order valence-corrected chi connectivity index (χ4v) is 1.87. The Kier molecular flexibility index (Phi) is 3.14. The van der Waals surface area contributed by atoms with Crippen LogP contribution in [0.2, 0.25) is 0 Å². The maximum atomic E-state index is 12.9. The third-order valence-corrected chi connectivity index (χ3v) is 3.00. The molecule has 0 aromatic heterocycles. The van der Waals surface area contributed by atoms with Crippen molar-refractivity contribution in [3.8, 4) is 11.1 Å². The summed E-state index contributed by atoms with van der Waals surface area (Å²) in [5.41, 5.74) is 12.3. The molecule has 5 heteroatoms. The van der Waals surface area contributed by atoms with E-state index in [1.54, 1.807) is 24.3 Å². The van der Waals surface area contributed by atoms with Gasteiger partial charge in [0.05, 0.1) is 5.56 Å². The molecule has 0 fully saturated rings. The third-order valence-electron chi connectivity index (χ3n) is 3.00. The zero-order valence-electron chi connectivity index (χ0n) is 10.3. The van der Waals surface area contributed by atoms with Crippen molar-refractivity contribution in [1.82, 2.24) is 0 Å². The first-order valence-corrected chi connectivity index (χ1v) is 5.62. The summed E-state index contributed by atoms with van der Waals surface area (Å²) < 4.78 is 38.7. The van der Waals surface area contributed by atoms with Crippen LogP contribution in [0.25, 0.3) is 11.1 Å². The van der Waals surface area contributed by atoms with Gasteiger partial charge in [-0.15, -0.1) is 0 Å². The lowest BCUT2D eigenvalue weighted by Crippen LogP contribution is -2.09. The SMILES string of the molecule is Cc1c(N)cc(-c2ccc(N)cc2)cc1C(F)(F)F. The van der Waals surface area contributed by atoms with Gasteiger partial charge in [0.15, 0.2) is 0 Å². The first kappa shape index (κ1) is 13.3. The molecule has 0 atom stereocenters. The van der Waals surface area contributed by atoms with E-state index < -0.39 is 11.7 Å². The highest BCUT2D eigenvalue weighted by molar-refractivity contribution is 5.72. The normalized spacial score (nSPS) is 11.6. The van der Waals surface area contributed by atoms with E-state index in [0.717, 1.165) is 6.07 Å². The Morgan fingerprint density at radius 2 is 1.47 bits per heavy atom. The van der Waals surface area contributed by atoms with Crippen molar-refractivity contribution in [3.05, 3.63) is 47.5 Å². The fraction of sp³-hybridized carbons (Fsp3) is 0.143. The predicted octanol–water partition coefficient (Wildman–Crippen LogP) is 3.85. The molecule has 0 aliphatic rings. The van der Waals surface area contributed by atoms with E-state index in [1.165, 1.54) is 13.0 Å². The minimum atomic E-state index is -4.41. The van der Waals surface area contributed by atoms with Crippen LogP contribution in [0.4, 0.5) is 24.5 Å². The van der Waals surface area contributed by atoms with Crippen LogP contribution in [-0.2, 0) is 6.18 Å². The third kappa shape index (κ3) is 2.65. The zero-order valence-corrected chi connectivity index (χ0v) is 10.3. The number of halogens is 3. The largest absolute Gasteiger partial charge is 0.416 e. The molecule has 100 valence electrons. The molecule has 0 radical (unpaired) electrons. The van der Waals surface area contributed by atoms with Crippen molar-refractivity contribution in [2.24, 2.45) is 0 Å². The van der Waals surface area contributed by atoms with Crippen LogP contribution in [0, 0.1) is 6.92 Å². The fourth-order valence-electron chi connectivity index (χ4n) is 1.87. The highest BCUT2D eigenvalue weighted by Gasteiger charge is 2.33. The summed E-state index contributed by atoms with van der Waals surface area (Å²) in [6, 6.07) is 9.25. The molecule has 0 aliphatic heterocycles. The number of hydrogen-bond acceptors (Lipinski definition) is 2. The second-order valence-electron chi connectivity index (χ2n) is 4.36. The van der Waals surface area contributed by atoms with Gasteiger partial charge in [-0.1, -0.05) is 12.1 Å². The minimum Gasteiger partial charge on any atom is -0.399 e. The van der Waals surface area contributed by atoms with Crippen LogP contribution >= 0.6 is 0 Å². The molecule has 2 aromatic carbocycles. The van der Waals surface area contributed by atoms with Gasteiger partial charge >= 0.3 is 6.18 Å². The Bertz CT molecular complexity index is 601. The lowest BCUT2D eigenvalue weighted by Gasteiger charge is -2.14. The van der Waals surface area contributed by atoms with Crippen LogP contribution in [0.1, 0.15) is 11.1 Å². The van der Waals surface area contributed by atoms with E-state index in [-0.39, 0.29) is 11.3 Å². The zero-order chi connectivity index (χ0) is 14.2. The van der Waals surface area contributed by atoms with Crippen molar-refractivity contribution in [2.75, 3.05) is 11.5 Å². The van der Waals surface area contributed by atoms with Crippen LogP contribution in [0.5, 0.6) is 0 Å². The monoisotopic (exact) mass is 266 g/mol. The Morgan fingerprint density at radius 3 is 2.00 bits per heavy atom. The standard InChI is InChI=1S/C14H13F3N2/c1-8-12(14(15,16)17)6-10(7-13(8)19)9-2-4-11(18)5-3-9/h2-7H,18-19H2,1H3. The second-order valence-corrected chi connectivity index (χ2v) is 4.36. The van der Waals surface area contributed by atoms with Gasteiger partial charge in [0.2, 0.25) is 0 Å². The number of benzene rings is 2. The highest BCUT2D eigenvalue weighted by Crippen LogP contribution is 2.37. The Morgan fingerprint density at radius 1 is 0.895 bits per heavy atom. The topological polar surface area (TPSA) is 52.0 Å². The van der Waals surface area contributed by atoms with Gasteiger partial charge in [0, 0.05) is 11.4 Å². The average molecular weight is 266 g/mol. The maximum Gasteiger partial charge on any atom is 0.416 e. The molecule has 2 nitrogen and oxygen atoms in total. The van der Waals surface area contributed by atoms with Crippen LogP contribution < -0.4 is 11.5 Å². The van der Waals surface area contributed by atoms with Crippen LogP contribution in [0.3, 0.4) is 0 Å². The Balaban J connectivity index is 2.60. The Hall–Kier alpha value is -2.17. The summed E-state index contributed by atoms with van der Waals surface area (Å²) in [6.07, 6.45) is -4.41. The van der Waals surface area contributed by atoms with E-state index in [9.17, 15) is 13.2 Å². The molecule has 0 unspecified atom stereocenters. The minimum absolute atomic E-state index is 0.0479. The summed E-state index contributed by atoms with van der Waals surface area (Å²) in [5.74, 6) is 0. The average Bonchev–Trinajstić information content (AvgIpc) is 2.32. The van der Waals surface area contributed by atoms with E-state index >= 15 is 0 Å². The number of anilines is 2. The van der Waals surface area contributed by atoms with E-state index in [1.807, 2.05) is 0 Å². The van der Waals surface area contributed by atoms with Crippen LogP contribution in [-0.4, -0.2) is 0 Å². The number of rotatable bonds is 1. The smallest absolute Gasteiger partial charge is 0.399 e. The molecule has 0 amide bonds. The summed E-state index contributed by atoms with van der Waals surface area (Å²) in [4.78, 5) is 0.